The first-order valence-corrected chi connectivity index (χ1v) is 6.94. The summed E-state index contributed by atoms with van der Waals surface area (Å²) in [6.07, 6.45) is 2.41. The lowest BCUT2D eigenvalue weighted by Crippen LogP contribution is -2.22. The Labute approximate surface area is 123 Å². The number of benzene rings is 1. The predicted octanol–water partition coefficient (Wildman–Crippen LogP) is 2.36. The smallest absolute Gasteiger partial charge is 0.337 e. The van der Waals surface area contributed by atoms with Crippen molar-refractivity contribution in [2.75, 3.05) is 23.7 Å². The zero-order valence-corrected chi connectivity index (χ0v) is 11.6. The maximum Gasteiger partial charge on any atom is 0.337 e. The highest BCUT2D eigenvalue weighted by Gasteiger charge is 2.26. The van der Waals surface area contributed by atoms with Gasteiger partial charge in [-0.15, -0.1) is 0 Å². The molecule has 1 saturated heterocycles. The molecule has 1 aliphatic heterocycles. The van der Waals surface area contributed by atoms with Gasteiger partial charge in [-0.1, -0.05) is 30.3 Å². The standard InChI is InChI=1S/C16H17N3O2/c17-14-8-13(16(20)21)9-18-15(14)19-7-6-12(10-19)11-4-2-1-3-5-11/h1-5,8-9,12H,6-7,10,17H2,(H,20,21). The average molecular weight is 283 g/mol. The Morgan fingerprint density at radius 1 is 1.33 bits per heavy atom. The van der Waals surface area contributed by atoms with Crippen LogP contribution < -0.4 is 10.6 Å². The number of rotatable bonds is 3. The molecule has 1 atom stereocenters. The molecule has 3 rings (SSSR count). The highest BCUT2D eigenvalue weighted by molar-refractivity contribution is 5.89. The molecule has 0 bridgehead atoms. The number of carboxylic acid groups (broad SMARTS) is 1. The lowest BCUT2D eigenvalue weighted by Gasteiger charge is -2.19. The highest BCUT2D eigenvalue weighted by Crippen LogP contribution is 2.32. The summed E-state index contributed by atoms with van der Waals surface area (Å²) in [5.74, 6) is 0.134. The zero-order valence-electron chi connectivity index (χ0n) is 11.6. The van der Waals surface area contributed by atoms with Crippen molar-refractivity contribution in [1.82, 2.24) is 4.98 Å². The molecule has 1 unspecified atom stereocenters. The molecular formula is C16H17N3O2. The van der Waals surface area contributed by atoms with E-state index in [1.54, 1.807) is 0 Å². The molecule has 5 heteroatoms. The number of hydrogen-bond acceptors (Lipinski definition) is 4. The minimum absolute atomic E-state index is 0.120. The first kappa shape index (κ1) is 13.4. The van der Waals surface area contributed by atoms with Crippen LogP contribution in [0.3, 0.4) is 0 Å². The fraction of sp³-hybridized carbons (Fsp3) is 0.250. The molecule has 21 heavy (non-hydrogen) atoms. The summed E-state index contributed by atoms with van der Waals surface area (Å²) >= 11 is 0. The van der Waals surface area contributed by atoms with E-state index in [4.69, 9.17) is 10.8 Å². The van der Waals surface area contributed by atoms with Gasteiger partial charge in [0.25, 0.3) is 0 Å². The topological polar surface area (TPSA) is 79.5 Å². The van der Waals surface area contributed by atoms with E-state index >= 15 is 0 Å². The lowest BCUT2D eigenvalue weighted by molar-refractivity contribution is 0.0696. The summed E-state index contributed by atoms with van der Waals surface area (Å²) < 4.78 is 0. The maximum absolute atomic E-state index is 10.9. The number of anilines is 2. The third kappa shape index (κ3) is 2.67. The van der Waals surface area contributed by atoms with Crippen LogP contribution >= 0.6 is 0 Å². The fourth-order valence-corrected chi connectivity index (χ4v) is 2.81. The normalized spacial score (nSPS) is 17.9. The monoisotopic (exact) mass is 283 g/mol. The highest BCUT2D eigenvalue weighted by atomic mass is 16.4. The van der Waals surface area contributed by atoms with Gasteiger partial charge in [-0.05, 0) is 18.1 Å². The van der Waals surface area contributed by atoms with Crippen molar-refractivity contribution in [2.45, 2.75) is 12.3 Å². The molecule has 108 valence electrons. The van der Waals surface area contributed by atoms with Gasteiger partial charge in [0.15, 0.2) is 5.82 Å². The summed E-state index contributed by atoms with van der Waals surface area (Å²) in [7, 11) is 0. The van der Waals surface area contributed by atoms with Crippen LogP contribution in [0, 0.1) is 0 Å². The minimum atomic E-state index is -1.01. The van der Waals surface area contributed by atoms with Gasteiger partial charge < -0.3 is 15.7 Å². The molecular weight excluding hydrogens is 266 g/mol. The Hall–Kier alpha value is -2.56. The van der Waals surface area contributed by atoms with Crippen LogP contribution in [0.1, 0.15) is 28.3 Å². The van der Waals surface area contributed by atoms with Crippen molar-refractivity contribution in [3.63, 3.8) is 0 Å². The summed E-state index contributed by atoms with van der Waals surface area (Å²) in [4.78, 5) is 17.3. The van der Waals surface area contributed by atoms with Gasteiger partial charge in [0.1, 0.15) is 0 Å². The molecule has 0 aliphatic carbocycles. The van der Waals surface area contributed by atoms with Crippen molar-refractivity contribution in [2.24, 2.45) is 0 Å². The fourth-order valence-electron chi connectivity index (χ4n) is 2.81. The predicted molar refractivity (Wildman–Crippen MR) is 81.6 cm³/mol. The van der Waals surface area contributed by atoms with Crippen molar-refractivity contribution in [3.05, 3.63) is 53.7 Å². The van der Waals surface area contributed by atoms with Gasteiger partial charge in [0.2, 0.25) is 0 Å². The molecule has 5 nitrogen and oxygen atoms in total. The van der Waals surface area contributed by atoms with Crippen LogP contribution in [0.5, 0.6) is 0 Å². The van der Waals surface area contributed by atoms with E-state index in [1.165, 1.54) is 17.8 Å². The molecule has 2 heterocycles. The van der Waals surface area contributed by atoms with Gasteiger partial charge in [-0.25, -0.2) is 9.78 Å². The Morgan fingerprint density at radius 2 is 2.10 bits per heavy atom. The van der Waals surface area contributed by atoms with E-state index in [2.05, 4.69) is 22.0 Å². The Morgan fingerprint density at radius 3 is 2.76 bits per heavy atom. The third-order valence-electron chi connectivity index (χ3n) is 3.90. The molecule has 2 aromatic rings. The van der Waals surface area contributed by atoms with Crippen molar-refractivity contribution >= 4 is 17.5 Å². The van der Waals surface area contributed by atoms with E-state index in [0.717, 1.165) is 19.5 Å². The van der Waals surface area contributed by atoms with E-state index in [0.29, 0.717) is 17.4 Å². The molecule has 0 spiro atoms. The quantitative estimate of drug-likeness (QED) is 0.904. The lowest BCUT2D eigenvalue weighted by atomic mass is 9.99. The Kier molecular flexibility index (Phi) is 3.48. The first-order chi connectivity index (χ1) is 10.1. The van der Waals surface area contributed by atoms with Gasteiger partial charge in [0, 0.05) is 25.2 Å². The van der Waals surface area contributed by atoms with E-state index in [9.17, 15) is 4.79 Å². The number of nitrogen functional groups attached to an aromatic ring is 1. The average Bonchev–Trinajstić information content (AvgIpc) is 2.97. The van der Waals surface area contributed by atoms with Crippen molar-refractivity contribution in [1.29, 1.82) is 0 Å². The van der Waals surface area contributed by atoms with Gasteiger partial charge in [0.05, 0.1) is 11.3 Å². The summed E-state index contributed by atoms with van der Waals surface area (Å²) in [6, 6.07) is 11.9. The maximum atomic E-state index is 10.9. The van der Waals surface area contributed by atoms with E-state index in [-0.39, 0.29) is 5.56 Å². The van der Waals surface area contributed by atoms with Gasteiger partial charge >= 0.3 is 5.97 Å². The number of carbonyl (C=O) groups is 1. The third-order valence-corrected chi connectivity index (χ3v) is 3.90. The number of nitrogens with zero attached hydrogens (tertiary/aromatic N) is 2. The molecule has 1 aromatic carbocycles. The van der Waals surface area contributed by atoms with Crippen LogP contribution in [0.2, 0.25) is 0 Å². The number of carboxylic acids is 1. The van der Waals surface area contributed by atoms with E-state index < -0.39 is 5.97 Å². The number of pyridine rings is 1. The molecule has 3 N–H and O–H groups in total. The number of aromatic nitrogens is 1. The summed E-state index contributed by atoms with van der Waals surface area (Å²) in [5, 5.41) is 8.95. The minimum Gasteiger partial charge on any atom is -0.478 e. The van der Waals surface area contributed by atoms with Crippen LogP contribution in [0.4, 0.5) is 11.5 Å². The van der Waals surface area contributed by atoms with Crippen molar-refractivity contribution in [3.8, 4) is 0 Å². The second-order valence-electron chi connectivity index (χ2n) is 5.28. The summed E-state index contributed by atoms with van der Waals surface area (Å²) in [6.45, 7) is 1.73. The molecule has 1 aliphatic rings. The number of hydrogen-bond donors (Lipinski definition) is 2. The van der Waals surface area contributed by atoms with E-state index in [1.807, 2.05) is 18.2 Å². The van der Waals surface area contributed by atoms with Crippen LogP contribution in [-0.2, 0) is 0 Å². The summed E-state index contributed by atoms with van der Waals surface area (Å²) in [5.41, 5.74) is 7.82. The molecule has 0 radical (unpaired) electrons. The molecule has 0 amide bonds. The van der Waals surface area contributed by atoms with Crippen LogP contribution in [0.15, 0.2) is 42.6 Å². The SMILES string of the molecule is Nc1cc(C(=O)O)cnc1N1CCC(c2ccccc2)C1. The van der Waals surface area contributed by atoms with Crippen molar-refractivity contribution < 1.29 is 9.90 Å². The van der Waals surface area contributed by atoms with Crippen LogP contribution in [0.25, 0.3) is 0 Å². The molecule has 1 fully saturated rings. The molecule has 0 saturated carbocycles. The largest absolute Gasteiger partial charge is 0.478 e. The zero-order chi connectivity index (χ0) is 14.8. The number of nitrogens with two attached hydrogens (primary N) is 1. The van der Waals surface area contributed by atoms with Gasteiger partial charge in [-0.3, -0.25) is 0 Å². The Balaban J connectivity index is 1.79. The Bertz CT molecular complexity index is 658. The first-order valence-electron chi connectivity index (χ1n) is 6.94. The van der Waals surface area contributed by atoms with Crippen LogP contribution in [-0.4, -0.2) is 29.1 Å². The second kappa shape index (κ2) is 5.44. The molecule has 1 aromatic heterocycles. The van der Waals surface area contributed by atoms with Gasteiger partial charge in [-0.2, -0.15) is 0 Å². The number of aromatic carboxylic acids is 1. The second-order valence-corrected chi connectivity index (χ2v) is 5.28.